The maximum atomic E-state index is 13.5. The molecule has 0 atom stereocenters. The van der Waals surface area contributed by atoms with Crippen LogP contribution in [0.3, 0.4) is 0 Å². The molecular weight excluding hydrogens is 362 g/mol. The summed E-state index contributed by atoms with van der Waals surface area (Å²) in [4.78, 5) is 15.4. The number of likely N-dealkylation sites (N-methyl/N-ethyl adjacent to an activating group) is 1. The minimum atomic E-state index is -0.475. The molecular formula is C22H24ClNO3. The van der Waals surface area contributed by atoms with E-state index in [1.165, 1.54) is 0 Å². The maximum Gasteiger partial charge on any atom is 0.233 e. The van der Waals surface area contributed by atoms with Gasteiger partial charge in [0.15, 0.2) is 11.5 Å². The van der Waals surface area contributed by atoms with E-state index in [2.05, 4.69) is 0 Å². The van der Waals surface area contributed by atoms with E-state index in [-0.39, 0.29) is 5.91 Å². The zero-order chi connectivity index (χ0) is 18.9. The van der Waals surface area contributed by atoms with Crippen LogP contribution in [0.15, 0.2) is 42.5 Å². The van der Waals surface area contributed by atoms with Gasteiger partial charge in [-0.1, -0.05) is 42.6 Å². The van der Waals surface area contributed by atoms with Gasteiger partial charge in [-0.3, -0.25) is 4.79 Å². The van der Waals surface area contributed by atoms with E-state index in [0.717, 1.165) is 48.3 Å². The Bertz CT molecular complexity index is 828. The maximum absolute atomic E-state index is 13.5. The van der Waals surface area contributed by atoms with Gasteiger partial charge < -0.3 is 14.4 Å². The van der Waals surface area contributed by atoms with Crippen molar-refractivity contribution in [1.82, 2.24) is 4.90 Å². The number of hydrogen-bond acceptors (Lipinski definition) is 3. The zero-order valence-corrected chi connectivity index (χ0v) is 16.3. The molecule has 0 N–H and O–H groups in total. The quantitative estimate of drug-likeness (QED) is 0.773. The van der Waals surface area contributed by atoms with Crippen molar-refractivity contribution in [2.75, 3.05) is 20.3 Å². The van der Waals surface area contributed by atoms with E-state index in [1.807, 2.05) is 54.4 Å². The van der Waals surface area contributed by atoms with Crippen molar-refractivity contribution in [3.05, 3.63) is 58.6 Å². The van der Waals surface area contributed by atoms with Crippen LogP contribution >= 0.6 is 11.6 Å². The van der Waals surface area contributed by atoms with Crippen molar-refractivity contribution < 1.29 is 14.3 Å². The van der Waals surface area contributed by atoms with Gasteiger partial charge in [0.1, 0.15) is 13.2 Å². The molecule has 1 fully saturated rings. The number of carbonyl (C=O) groups excluding carboxylic acids is 1. The van der Waals surface area contributed by atoms with Gasteiger partial charge >= 0.3 is 0 Å². The summed E-state index contributed by atoms with van der Waals surface area (Å²) < 4.78 is 11.4. The van der Waals surface area contributed by atoms with E-state index >= 15 is 0 Å². The van der Waals surface area contributed by atoms with Gasteiger partial charge in [0.2, 0.25) is 5.91 Å². The Morgan fingerprint density at radius 1 is 1.04 bits per heavy atom. The summed E-state index contributed by atoms with van der Waals surface area (Å²) in [6, 6.07) is 13.6. The van der Waals surface area contributed by atoms with Gasteiger partial charge in [-0.25, -0.2) is 0 Å². The van der Waals surface area contributed by atoms with Crippen LogP contribution in [0.25, 0.3) is 0 Å². The predicted molar refractivity (Wildman–Crippen MR) is 106 cm³/mol. The fraction of sp³-hybridized carbons (Fsp3) is 0.409. The number of carbonyl (C=O) groups is 1. The molecule has 2 aliphatic rings. The summed E-state index contributed by atoms with van der Waals surface area (Å²) in [5.41, 5.74) is 1.64. The predicted octanol–water partition coefficient (Wildman–Crippen LogP) is 4.58. The van der Waals surface area contributed by atoms with Crippen molar-refractivity contribution in [2.45, 2.75) is 37.6 Å². The Hall–Kier alpha value is -2.20. The third-order valence-electron chi connectivity index (χ3n) is 5.64. The molecule has 0 bridgehead atoms. The fourth-order valence-electron chi connectivity index (χ4n) is 4.25. The summed E-state index contributed by atoms with van der Waals surface area (Å²) in [5, 5.41) is 0.705. The van der Waals surface area contributed by atoms with Crippen molar-refractivity contribution in [1.29, 1.82) is 0 Å². The molecule has 1 heterocycles. The number of nitrogens with zero attached hydrogens (tertiary/aromatic N) is 1. The first kappa shape index (κ1) is 18.2. The highest BCUT2D eigenvalue weighted by atomic mass is 35.5. The molecule has 1 aliphatic heterocycles. The summed E-state index contributed by atoms with van der Waals surface area (Å²) in [7, 11) is 1.88. The summed E-state index contributed by atoms with van der Waals surface area (Å²) in [5.74, 6) is 1.69. The van der Waals surface area contributed by atoms with Crippen molar-refractivity contribution in [3.63, 3.8) is 0 Å². The Morgan fingerprint density at radius 2 is 1.70 bits per heavy atom. The van der Waals surface area contributed by atoms with Crippen LogP contribution in [0.4, 0.5) is 0 Å². The van der Waals surface area contributed by atoms with Gasteiger partial charge in [0.25, 0.3) is 0 Å². The molecule has 5 heteroatoms. The van der Waals surface area contributed by atoms with E-state index in [4.69, 9.17) is 21.1 Å². The zero-order valence-electron chi connectivity index (χ0n) is 15.5. The largest absolute Gasteiger partial charge is 0.486 e. The highest BCUT2D eigenvalue weighted by Gasteiger charge is 2.44. The molecule has 0 spiro atoms. The lowest BCUT2D eigenvalue weighted by Gasteiger charge is -2.34. The third kappa shape index (κ3) is 3.51. The standard InChI is InChI=1S/C22H24ClNO3/c1-24(15-16-4-7-18(23)8-5-16)21(25)22(10-2-3-11-22)17-6-9-19-20(14-17)27-13-12-26-19/h4-9,14H,2-3,10-13,15H2,1H3. The average Bonchev–Trinajstić information content (AvgIpc) is 3.20. The van der Waals surface area contributed by atoms with Crippen LogP contribution in [0.2, 0.25) is 5.02 Å². The lowest BCUT2D eigenvalue weighted by Crippen LogP contribution is -2.43. The van der Waals surface area contributed by atoms with Crippen LogP contribution < -0.4 is 9.47 Å². The lowest BCUT2D eigenvalue weighted by molar-refractivity contribution is -0.136. The van der Waals surface area contributed by atoms with Crippen molar-refractivity contribution in [3.8, 4) is 11.5 Å². The fourth-order valence-corrected chi connectivity index (χ4v) is 4.37. The summed E-state index contributed by atoms with van der Waals surface area (Å²) in [6.45, 7) is 1.69. The second kappa shape index (κ2) is 7.43. The molecule has 4 nitrogen and oxygen atoms in total. The molecule has 0 unspecified atom stereocenters. The van der Waals surface area contributed by atoms with Crippen LogP contribution in [-0.2, 0) is 16.8 Å². The molecule has 4 rings (SSSR count). The number of halogens is 1. The molecule has 2 aromatic rings. The Morgan fingerprint density at radius 3 is 2.41 bits per heavy atom. The third-order valence-corrected chi connectivity index (χ3v) is 5.89. The molecule has 1 saturated carbocycles. The molecule has 0 saturated heterocycles. The normalized spacial score (nSPS) is 17.6. The summed E-state index contributed by atoms with van der Waals surface area (Å²) in [6.07, 6.45) is 3.87. The second-order valence-corrected chi connectivity index (χ2v) is 7.87. The van der Waals surface area contributed by atoms with Gasteiger partial charge in [-0.05, 0) is 48.2 Å². The van der Waals surface area contributed by atoms with Crippen molar-refractivity contribution in [2.24, 2.45) is 0 Å². The van der Waals surface area contributed by atoms with Crippen LogP contribution in [-0.4, -0.2) is 31.1 Å². The van der Waals surface area contributed by atoms with Gasteiger partial charge in [-0.2, -0.15) is 0 Å². The molecule has 27 heavy (non-hydrogen) atoms. The topological polar surface area (TPSA) is 38.8 Å². The van der Waals surface area contributed by atoms with E-state index in [1.54, 1.807) is 0 Å². The number of hydrogen-bond donors (Lipinski definition) is 0. The first-order valence-corrected chi connectivity index (χ1v) is 9.86. The Kier molecular flexibility index (Phi) is 5.00. The Balaban J connectivity index is 1.61. The average molecular weight is 386 g/mol. The van der Waals surface area contributed by atoms with E-state index in [9.17, 15) is 4.79 Å². The number of benzene rings is 2. The molecule has 1 amide bonds. The minimum Gasteiger partial charge on any atom is -0.486 e. The van der Waals surface area contributed by atoms with E-state index < -0.39 is 5.41 Å². The van der Waals surface area contributed by atoms with Gasteiger partial charge in [-0.15, -0.1) is 0 Å². The molecule has 142 valence electrons. The SMILES string of the molecule is CN(Cc1ccc(Cl)cc1)C(=O)C1(c2ccc3c(c2)OCCO3)CCCC1. The van der Waals surface area contributed by atoms with Gasteiger partial charge in [0, 0.05) is 18.6 Å². The smallest absolute Gasteiger partial charge is 0.233 e. The monoisotopic (exact) mass is 385 g/mol. The number of amides is 1. The molecule has 1 aliphatic carbocycles. The summed E-state index contributed by atoms with van der Waals surface area (Å²) >= 11 is 5.97. The highest BCUT2D eigenvalue weighted by Crippen LogP contribution is 2.45. The second-order valence-electron chi connectivity index (χ2n) is 7.44. The number of fused-ring (bicyclic) bond motifs is 1. The lowest BCUT2D eigenvalue weighted by atomic mass is 9.77. The van der Waals surface area contributed by atoms with Crippen LogP contribution in [0.5, 0.6) is 11.5 Å². The molecule has 0 radical (unpaired) electrons. The minimum absolute atomic E-state index is 0.173. The molecule has 0 aromatic heterocycles. The number of rotatable bonds is 4. The Labute approximate surface area is 165 Å². The van der Waals surface area contributed by atoms with Crippen LogP contribution in [0.1, 0.15) is 36.8 Å². The first-order chi connectivity index (χ1) is 13.1. The number of ether oxygens (including phenoxy) is 2. The highest BCUT2D eigenvalue weighted by molar-refractivity contribution is 6.30. The van der Waals surface area contributed by atoms with Crippen LogP contribution in [0, 0.1) is 0 Å². The van der Waals surface area contributed by atoms with Crippen molar-refractivity contribution >= 4 is 17.5 Å². The van der Waals surface area contributed by atoms with E-state index in [0.29, 0.717) is 24.8 Å². The first-order valence-electron chi connectivity index (χ1n) is 9.49. The molecule has 2 aromatic carbocycles. The van der Waals surface area contributed by atoms with Gasteiger partial charge in [0.05, 0.1) is 5.41 Å².